The molecule has 0 aliphatic carbocycles. The maximum Gasteiger partial charge on any atom is 0.251 e. The average Bonchev–Trinajstić information content (AvgIpc) is 2.69. The molecule has 2 saturated heterocycles. The summed E-state index contributed by atoms with van der Waals surface area (Å²) >= 11 is 0. The van der Waals surface area contributed by atoms with Crippen LogP contribution < -0.4 is 0 Å². The van der Waals surface area contributed by atoms with E-state index in [1.807, 2.05) is 0 Å². The van der Waals surface area contributed by atoms with E-state index in [1.54, 1.807) is 14.1 Å². The minimum absolute atomic E-state index is 0.0359. The third-order valence-corrected chi connectivity index (χ3v) is 4.94. The van der Waals surface area contributed by atoms with Gasteiger partial charge in [0.25, 0.3) is 5.91 Å². The van der Waals surface area contributed by atoms with E-state index < -0.39 is 16.1 Å². The summed E-state index contributed by atoms with van der Waals surface area (Å²) in [6.45, 7) is 0.497. The second-order valence-corrected chi connectivity index (χ2v) is 7.14. The Morgan fingerprint density at radius 2 is 1.94 bits per heavy atom. The molecule has 2 aliphatic rings. The van der Waals surface area contributed by atoms with Gasteiger partial charge in [-0.25, -0.2) is 8.42 Å². The van der Waals surface area contributed by atoms with E-state index in [0.717, 1.165) is 0 Å². The van der Waals surface area contributed by atoms with Crippen LogP contribution in [0.25, 0.3) is 0 Å². The fourth-order valence-electron chi connectivity index (χ4n) is 2.77. The van der Waals surface area contributed by atoms with Crippen molar-refractivity contribution in [3.8, 4) is 0 Å². The summed E-state index contributed by atoms with van der Waals surface area (Å²) in [4.78, 5) is 13.4. The molecule has 7 heteroatoms. The third kappa shape index (κ3) is 2.53. The van der Waals surface area contributed by atoms with Crippen molar-refractivity contribution in [3.05, 3.63) is 0 Å². The molecule has 0 aromatic carbocycles. The van der Waals surface area contributed by atoms with Gasteiger partial charge in [-0.15, -0.1) is 0 Å². The van der Waals surface area contributed by atoms with Gasteiger partial charge in [0.2, 0.25) is 10.0 Å². The molecule has 0 bridgehead atoms. The van der Waals surface area contributed by atoms with Gasteiger partial charge >= 0.3 is 0 Å². The third-order valence-electron chi connectivity index (χ3n) is 3.64. The summed E-state index contributed by atoms with van der Waals surface area (Å²) in [6.07, 6.45) is 2.64. The Bertz CT molecular complexity index is 434. The van der Waals surface area contributed by atoms with Crippen molar-refractivity contribution < 1.29 is 17.9 Å². The van der Waals surface area contributed by atoms with Crippen molar-refractivity contribution in [1.29, 1.82) is 0 Å². The highest BCUT2D eigenvalue weighted by Gasteiger charge is 2.45. The van der Waals surface area contributed by atoms with Crippen LogP contribution in [0.2, 0.25) is 0 Å². The lowest BCUT2D eigenvalue weighted by Crippen LogP contribution is -2.48. The largest absolute Gasteiger partial charge is 0.363 e. The molecule has 2 fully saturated rings. The molecule has 104 valence electrons. The smallest absolute Gasteiger partial charge is 0.251 e. The zero-order valence-corrected chi connectivity index (χ0v) is 11.8. The molecule has 1 amide bonds. The molecule has 0 unspecified atom stereocenters. The number of amides is 1. The van der Waals surface area contributed by atoms with Gasteiger partial charge in [0, 0.05) is 20.6 Å². The van der Waals surface area contributed by atoms with Crippen molar-refractivity contribution in [1.82, 2.24) is 9.21 Å². The van der Waals surface area contributed by atoms with Crippen LogP contribution in [0.4, 0.5) is 0 Å². The standard InChI is InChI=1S/C11H20N2O4S/c1-12(2)11(14)10-5-4-8-9(17-10)6-7-13(8)18(3,15)16/h8-10H,4-7H2,1-3H3/t8-,9-,10+/m1/s1. The van der Waals surface area contributed by atoms with Crippen LogP contribution in [0.3, 0.4) is 0 Å². The predicted molar refractivity (Wildman–Crippen MR) is 66.5 cm³/mol. The second kappa shape index (κ2) is 4.79. The van der Waals surface area contributed by atoms with Crippen LogP contribution in [0.15, 0.2) is 0 Å². The first-order valence-electron chi connectivity index (χ1n) is 6.14. The van der Waals surface area contributed by atoms with Crippen molar-refractivity contribution in [2.75, 3.05) is 26.9 Å². The molecule has 6 nitrogen and oxygen atoms in total. The number of hydrogen-bond donors (Lipinski definition) is 0. The Labute approximate surface area is 108 Å². The Hall–Kier alpha value is -0.660. The summed E-state index contributed by atoms with van der Waals surface area (Å²) in [5.41, 5.74) is 0. The van der Waals surface area contributed by atoms with E-state index in [-0.39, 0.29) is 18.1 Å². The maximum atomic E-state index is 11.8. The number of nitrogens with zero attached hydrogens (tertiary/aromatic N) is 2. The lowest BCUT2D eigenvalue weighted by atomic mass is 9.99. The summed E-state index contributed by atoms with van der Waals surface area (Å²) in [6, 6.07) is -0.0915. The first-order chi connectivity index (χ1) is 8.30. The molecule has 2 aliphatic heterocycles. The Morgan fingerprint density at radius 3 is 2.50 bits per heavy atom. The summed E-state index contributed by atoms with van der Waals surface area (Å²) in [5.74, 6) is -0.0359. The molecule has 0 saturated carbocycles. The number of carbonyl (C=O) groups is 1. The molecule has 0 N–H and O–H groups in total. The van der Waals surface area contributed by atoms with Gasteiger partial charge in [-0.1, -0.05) is 0 Å². The Balaban J connectivity index is 2.05. The van der Waals surface area contributed by atoms with E-state index >= 15 is 0 Å². The molecule has 2 rings (SSSR count). The quantitative estimate of drug-likeness (QED) is 0.692. The lowest BCUT2D eigenvalue weighted by molar-refractivity contribution is -0.151. The van der Waals surface area contributed by atoms with E-state index in [1.165, 1.54) is 15.5 Å². The van der Waals surface area contributed by atoms with Gasteiger partial charge in [0.05, 0.1) is 18.4 Å². The first-order valence-corrected chi connectivity index (χ1v) is 7.99. The molecular formula is C11H20N2O4S. The van der Waals surface area contributed by atoms with Crippen molar-refractivity contribution in [2.45, 2.75) is 37.5 Å². The van der Waals surface area contributed by atoms with Crippen LogP contribution in [0, 0.1) is 0 Å². The van der Waals surface area contributed by atoms with Gasteiger partial charge in [-0.2, -0.15) is 4.31 Å². The highest BCUT2D eigenvalue weighted by molar-refractivity contribution is 7.88. The topological polar surface area (TPSA) is 66.9 Å². The number of likely N-dealkylation sites (N-methyl/N-ethyl adjacent to an activating group) is 1. The van der Waals surface area contributed by atoms with Crippen molar-refractivity contribution in [2.24, 2.45) is 0 Å². The molecule has 3 atom stereocenters. The number of ether oxygens (including phenoxy) is 1. The van der Waals surface area contributed by atoms with Gasteiger partial charge in [0.15, 0.2) is 0 Å². The van der Waals surface area contributed by atoms with Crippen molar-refractivity contribution >= 4 is 15.9 Å². The molecule has 18 heavy (non-hydrogen) atoms. The molecule has 0 aromatic heterocycles. The number of hydrogen-bond acceptors (Lipinski definition) is 4. The Morgan fingerprint density at radius 1 is 1.28 bits per heavy atom. The average molecular weight is 276 g/mol. The zero-order valence-electron chi connectivity index (χ0n) is 11.0. The van der Waals surface area contributed by atoms with E-state index in [2.05, 4.69) is 0 Å². The zero-order chi connectivity index (χ0) is 13.5. The molecule has 0 aromatic rings. The normalized spacial score (nSPS) is 33.2. The molecule has 2 heterocycles. The summed E-state index contributed by atoms with van der Waals surface area (Å²) < 4.78 is 30.5. The number of rotatable bonds is 2. The number of carbonyl (C=O) groups excluding carboxylic acids is 1. The molecule has 0 spiro atoms. The fraction of sp³-hybridized carbons (Fsp3) is 0.909. The summed E-state index contributed by atoms with van der Waals surface area (Å²) in [7, 11) is 0.238. The highest BCUT2D eigenvalue weighted by Crippen LogP contribution is 2.33. The highest BCUT2D eigenvalue weighted by atomic mass is 32.2. The van der Waals surface area contributed by atoms with Crippen LogP contribution in [-0.2, 0) is 19.6 Å². The maximum absolute atomic E-state index is 11.8. The lowest BCUT2D eigenvalue weighted by Gasteiger charge is -2.35. The SMILES string of the molecule is CN(C)C(=O)[C@@H]1CC[C@@H]2[C@@H](CCN2S(C)(=O)=O)O1. The van der Waals surface area contributed by atoms with Crippen LogP contribution in [0.1, 0.15) is 19.3 Å². The van der Waals surface area contributed by atoms with Gasteiger partial charge < -0.3 is 9.64 Å². The molecule has 0 radical (unpaired) electrons. The number of sulfonamides is 1. The van der Waals surface area contributed by atoms with Gasteiger partial charge in [-0.05, 0) is 19.3 Å². The van der Waals surface area contributed by atoms with E-state index in [4.69, 9.17) is 4.74 Å². The van der Waals surface area contributed by atoms with Crippen LogP contribution in [-0.4, -0.2) is 68.7 Å². The minimum Gasteiger partial charge on any atom is -0.363 e. The Kier molecular flexibility index (Phi) is 3.66. The van der Waals surface area contributed by atoms with Crippen LogP contribution in [0.5, 0.6) is 0 Å². The first kappa shape index (κ1) is 13.8. The van der Waals surface area contributed by atoms with E-state index in [0.29, 0.717) is 25.8 Å². The fourth-order valence-corrected chi connectivity index (χ4v) is 3.94. The van der Waals surface area contributed by atoms with Gasteiger partial charge in [-0.3, -0.25) is 4.79 Å². The summed E-state index contributed by atoms with van der Waals surface area (Å²) in [5, 5.41) is 0. The second-order valence-electron chi connectivity index (χ2n) is 5.20. The molecular weight excluding hydrogens is 256 g/mol. The predicted octanol–water partition coefficient (Wildman–Crippen LogP) is -0.344. The van der Waals surface area contributed by atoms with E-state index in [9.17, 15) is 13.2 Å². The van der Waals surface area contributed by atoms with Crippen LogP contribution >= 0.6 is 0 Å². The van der Waals surface area contributed by atoms with Crippen molar-refractivity contribution in [3.63, 3.8) is 0 Å². The number of fused-ring (bicyclic) bond motifs is 1. The minimum atomic E-state index is -3.17. The van der Waals surface area contributed by atoms with Gasteiger partial charge in [0.1, 0.15) is 6.10 Å². The monoisotopic (exact) mass is 276 g/mol.